The fourth-order valence-electron chi connectivity index (χ4n) is 2.84. The van der Waals surface area contributed by atoms with Crippen molar-refractivity contribution >= 4 is 29.8 Å². The maximum Gasteiger partial charge on any atom is 0.193 e. The molecule has 2 heterocycles. The van der Waals surface area contributed by atoms with Crippen LogP contribution in [-0.4, -0.2) is 13.1 Å². The Balaban J connectivity index is 1.85. The van der Waals surface area contributed by atoms with Crippen molar-refractivity contribution in [3.8, 4) is 22.9 Å². The molecule has 4 rings (SSSR count). The van der Waals surface area contributed by atoms with E-state index in [9.17, 15) is 4.79 Å². The number of fused-ring (bicyclic) bond motifs is 2. The molecule has 3 nitrogen and oxygen atoms in total. The lowest BCUT2D eigenvalue weighted by Crippen LogP contribution is -2.16. The maximum atomic E-state index is 12.5. The van der Waals surface area contributed by atoms with Crippen molar-refractivity contribution in [3.63, 3.8) is 0 Å². The van der Waals surface area contributed by atoms with Crippen LogP contribution >= 0.6 is 0 Å². The van der Waals surface area contributed by atoms with Gasteiger partial charge in [-0.15, -0.1) is 5.54 Å². The normalized spacial score (nSPS) is 11.4. The van der Waals surface area contributed by atoms with E-state index in [0.29, 0.717) is 22.4 Å². The van der Waals surface area contributed by atoms with Crippen molar-refractivity contribution in [1.29, 1.82) is 0 Å². The van der Waals surface area contributed by atoms with E-state index in [1.54, 1.807) is 12.3 Å². The lowest BCUT2D eigenvalue weighted by Gasteiger charge is -2.05. The highest BCUT2D eigenvalue weighted by atomic mass is 28.3. The summed E-state index contributed by atoms with van der Waals surface area (Å²) < 4.78 is 6.03. The highest BCUT2D eigenvalue weighted by molar-refractivity contribution is 6.83. The minimum absolute atomic E-state index is 0.0779. The molecule has 132 valence electrons. The van der Waals surface area contributed by atoms with Gasteiger partial charge in [0.2, 0.25) is 0 Å². The van der Waals surface area contributed by atoms with E-state index < -0.39 is 8.07 Å². The molecule has 0 amide bonds. The fraction of sp³-hybridized carbons (Fsp3) is 0.130. The van der Waals surface area contributed by atoms with Gasteiger partial charge >= 0.3 is 0 Å². The SMILES string of the molecule is C[Si](C)(C)C#Cc1ccc2c(=O)cc(-c3cc4ccccc4cn3)oc2c1. The van der Waals surface area contributed by atoms with Crippen LogP contribution in [0, 0.1) is 11.5 Å². The largest absolute Gasteiger partial charge is 0.454 e. The van der Waals surface area contributed by atoms with Crippen LogP contribution in [0.3, 0.4) is 0 Å². The average molecular weight is 369 g/mol. The number of hydrogen-bond donors (Lipinski definition) is 0. The van der Waals surface area contributed by atoms with E-state index in [4.69, 9.17) is 4.42 Å². The zero-order chi connectivity index (χ0) is 19.0. The number of pyridine rings is 1. The van der Waals surface area contributed by atoms with E-state index in [-0.39, 0.29) is 5.43 Å². The van der Waals surface area contributed by atoms with Gasteiger partial charge in [0, 0.05) is 23.2 Å². The van der Waals surface area contributed by atoms with Crippen LogP contribution in [-0.2, 0) is 0 Å². The molecule has 0 fully saturated rings. The molecule has 0 unspecified atom stereocenters. The molecule has 0 radical (unpaired) electrons. The summed E-state index contributed by atoms with van der Waals surface area (Å²) >= 11 is 0. The molecule has 0 aliphatic carbocycles. The minimum atomic E-state index is -1.47. The lowest BCUT2D eigenvalue weighted by atomic mass is 10.1. The van der Waals surface area contributed by atoms with Crippen LogP contribution in [0.2, 0.25) is 19.6 Å². The molecule has 0 aliphatic heterocycles. The topological polar surface area (TPSA) is 43.1 Å². The third-order valence-corrected chi connectivity index (χ3v) is 5.07. The van der Waals surface area contributed by atoms with Gasteiger partial charge in [-0.3, -0.25) is 9.78 Å². The molecule has 0 atom stereocenters. The van der Waals surface area contributed by atoms with Crippen molar-refractivity contribution < 1.29 is 4.42 Å². The van der Waals surface area contributed by atoms with Crippen molar-refractivity contribution in [2.45, 2.75) is 19.6 Å². The number of rotatable bonds is 1. The van der Waals surface area contributed by atoms with E-state index in [0.717, 1.165) is 16.3 Å². The van der Waals surface area contributed by atoms with Crippen molar-refractivity contribution in [1.82, 2.24) is 4.98 Å². The molecule has 4 aromatic rings. The summed E-state index contributed by atoms with van der Waals surface area (Å²) in [6, 6.07) is 16.9. The Labute approximate surface area is 158 Å². The summed E-state index contributed by atoms with van der Waals surface area (Å²) in [4.78, 5) is 17.0. The quantitative estimate of drug-likeness (QED) is 0.340. The smallest absolute Gasteiger partial charge is 0.193 e. The number of aromatic nitrogens is 1. The van der Waals surface area contributed by atoms with Crippen molar-refractivity contribution in [2.75, 3.05) is 0 Å². The van der Waals surface area contributed by atoms with Gasteiger partial charge in [0.05, 0.1) is 5.39 Å². The van der Waals surface area contributed by atoms with Crippen LogP contribution < -0.4 is 5.43 Å². The van der Waals surface area contributed by atoms with Gasteiger partial charge in [-0.05, 0) is 29.7 Å². The molecule has 0 bridgehead atoms. The van der Waals surface area contributed by atoms with Crippen molar-refractivity contribution in [3.05, 3.63) is 76.6 Å². The zero-order valence-corrected chi connectivity index (χ0v) is 16.5. The minimum Gasteiger partial charge on any atom is -0.454 e. The van der Waals surface area contributed by atoms with Crippen LogP contribution in [0.25, 0.3) is 33.2 Å². The van der Waals surface area contributed by atoms with Gasteiger partial charge in [-0.2, -0.15) is 0 Å². The lowest BCUT2D eigenvalue weighted by molar-refractivity contribution is 0.616. The molecule has 4 heteroatoms. The number of nitrogens with zero attached hydrogens (tertiary/aromatic N) is 1. The molecule has 27 heavy (non-hydrogen) atoms. The van der Waals surface area contributed by atoms with E-state index in [2.05, 4.69) is 36.1 Å². The van der Waals surface area contributed by atoms with Crippen LogP contribution in [0.15, 0.2) is 70.0 Å². The van der Waals surface area contributed by atoms with Crippen molar-refractivity contribution in [2.24, 2.45) is 0 Å². The monoisotopic (exact) mass is 369 g/mol. The first-order chi connectivity index (χ1) is 12.9. The van der Waals surface area contributed by atoms with E-state index in [1.165, 1.54) is 6.07 Å². The van der Waals surface area contributed by atoms with Gasteiger partial charge in [-0.25, -0.2) is 0 Å². The first-order valence-electron chi connectivity index (χ1n) is 8.85. The van der Waals surface area contributed by atoms with Gasteiger partial charge < -0.3 is 4.42 Å². The van der Waals surface area contributed by atoms with Gasteiger partial charge in [0.1, 0.15) is 19.4 Å². The average Bonchev–Trinajstić information content (AvgIpc) is 2.65. The molecular formula is C23H19NO2Si. The third-order valence-electron chi connectivity index (χ3n) is 4.19. The molecule has 0 N–H and O–H groups in total. The first-order valence-corrected chi connectivity index (χ1v) is 12.4. The molecule has 0 saturated carbocycles. The summed E-state index contributed by atoms with van der Waals surface area (Å²) in [5.41, 5.74) is 5.30. The molecule has 2 aromatic carbocycles. The highest BCUT2D eigenvalue weighted by Crippen LogP contribution is 2.24. The Bertz CT molecular complexity index is 1290. The van der Waals surface area contributed by atoms with Crippen LogP contribution in [0.1, 0.15) is 5.56 Å². The predicted molar refractivity (Wildman–Crippen MR) is 113 cm³/mol. The highest BCUT2D eigenvalue weighted by Gasteiger charge is 2.10. The van der Waals surface area contributed by atoms with Gasteiger partial charge in [-0.1, -0.05) is 49.8 Å². The van der Waals surface area contributed by atoms with Crippen LogP contribution in [0.5, 0.6) is 0 Å². The number of hydrogen-bond acceptors (Lipinski definition) is 3. The van der Waals surface area contributed by atoms with E-state index in [1.807, 2.05) is 42.5 Å². The standard InChI is InChI=1S/C23H19NO2Si/c1-27(2,3)11-10-16-8-9-19-21(25)14-23(26-22(19)12-16)20-13-17-6-4-5-7-18(17)15-24-20/h4-9,12-15H,1-3H3. The Morgan fingerprint density at radius 3 is 2.52 bits per heavy atom. The van der Waals surface area contributed by atoms with Gasteiger partial charge in [0.15, 0.2) is 11.2 Å². The Kier molecular flexibility index (Phi) is 4.17. The summed E-state index contributed by atoms with van der Waals surface area (Å²) in [7, 11) is -1.47. The Morgan fingerprint density at radius 2 is 1.74 bits per heavy atom. The Morgan fingerprint density at radius 1 is 0.963 bits per heavy atom. The van der Waals surface area contributed by atoms with Gasteiger partial charge in [0.25, 0.3) is 0 Å². The summed E-state index contributed by atoms with van der Waals surface area (Å²) in [5, 5.41) is 2.66. The fourth-order valence-corrected chi connectivity index (χ4v) is 3.36. The molecule has 0 spiro atoms. The summed E-state index contributed by atoms with van der Waals surface area (Å²) in [6.45, 7) is 6.60. The van der Waals surface area contributed by atoms with E-state index >= 15 is 0 Å². The Hall–Kier alpha value is -3.16. The second-order valence-corrected chi connectivity index (χ2v) is 12.4. The first kappa shape index (κ1) is 17.3. The van der Waals surface area contributed by atoms with Crippen LogP contribution in [0.4, 0.5) is 0 Å². The second-order valence-electron chi connectivity index (χ2n) is 7.60. The predicted octanol–water partition coefficient (Wildman–Crippen LogP) is 5.24. The molecule has 0 saturated heterocycles. The molecule has 0 aliphatic rings. The maximum absolute atomic E-state index is 12.5. The zero-order valence-electron chi connectivity index (χ0n) is 15.5. The third kappa shape index (κ3) is 3.69. The number of benzene rings is 2. The second kappa shape index (κ2) is 6.53. The summed E-state index contributed by atoms with van der Waals surface area (Å²) in [6.07, 6.45) is 1.80. The molecule has 2 aromatic heterocycles. The summed E-state index contributed by atoms with van der Waals surface area (Å²) in [5.74, 6) is 3.68. The molecular weight excluding hydrogens is 350 g/mol.